The second-order valence-electron chi connectivity index (χ2n) is 6.14. The van der Waals surface area contributed by atoms with Crippen molar-refractivity contribution in [3.63, 3.8) is 0 Å². The Bertz CT molecular complexity index is 180. The molecule has 0 atom stereocenters. The molecule has 1 saturated carbocycles. The number of ether oxygens (including phenoxy) is 1. The highest BCUT2D eigenvalue weighted by Gasteiger charge is 2.30. The Morgan fingerprint density at radius 1 is 1.12 bits per heavy atom. The van der Waals surface area contributed by atoms with Crippen molar-refractivity contribution in [2.24, 2.45) is 11.3 Å². The fourth-order valence-electron chi connectivity index (χ4n) is 2.90. The van der Waals surface area contributed by atoms with Crippen LogP contribution in [0.3, 0.4) is 0 Å². The lowest BCUT2D eigenvalue weighted by Crippen LogP contribution is -2.35. The van der Waals surface area contributed by atoms with Crippen LogP contribution >= 0.6 is 0 Å². The van der Waals surface area contributed by atoms with Crippen LogP contribution in [0.4, 0.5) is 0 Å². The van der Waals surface area contributed by atoms with E-state index in [9.17, 15) is 0 Å². The zero-order valence-electron chi connectivity index (χ0n) is 12.1. The third-order valence-electron chi connectivity index (χ3n) is 4.08. The SMILES string of the molecule is CNCC1(CCOCCC(C)C)CCCCC1. The molecule has 17 heavy (non-hydrogen) atoms. The summed E-state index contributed by atoms with van der Waals surface area (Å²) in [5.74, 6) is 0.760. The maximum absolute atomic E-state index is 5.79. The van der Waals surface area contributed by atoms with Gasteiger partial charge in [0, 0.05) is 19.8 Å². The van der Waals surface area contributed by atoms with Crippen LogP contribution in [0.2, 0.25) is 0 Å². The number of rotatable bonds is 8. The lowest BCUT2D eigenvalue weighted by atomic mass is 9.72. The van der Waals surface area contributed by atoms with E-state index in [-0.39, 0.29) is 0 Å². The summed E-state index contributed by atoms with van der Waals surface area (Å²) in [6.07, 6.45) is 9.47. The smallest absolute Gasteiger partial charge is 0.0471 e. The van der Waals surface area contributed by atoms with E-state index >= 15 is 0 Å². The van der Waals surface area contributed by atoms with Gasteiger partial charge < -0.3 is 10.1 Å². The molecule has 1 aliphatic carbocycles. The molecular weight excluding hydrogens is 210 g/mol. The van der Waals surface area contributed by atoms with Crippen molar-refractivity contribution in [3.05, 3.63) is 0 Å². The minimum atomic E-state index is 0.533. The van der Waals surface area contributed by atoms with Crippen LogP contribution in [0.15, 0.2) is 0 Å². The number of hydrogen-bond acceptors (Lipinski definition) is 2. The lowest BCUT2D eigenvalue weighted by molar-refractivity contribution is 0.0690. The largest absolute Gasteiger partial charge is 0.381 e. The Hall–Kier alpha value is -0.0800. The Morgan fingerprint density at radius 2 is 1.82 bits per heavy atom. The molecule has 0 radical (unpaired) electrons. The average Bonchev–Trinajstić information content (AvgIpc) is 2.30. The highest BCUT2D eigenvalue weighted by molar-refractivity contribution is 4.84. The van der Waals surface area contributed by atoms with E-state index in [4.69, 9.17) is 4.74 Å². The molecule has 0 aromatic rings. The van der Waals surface area contributed by atoms with Crippen molar-refractivity contribution >= 4 is 0 Å². The molecular formula is C15H31NO. The van der Waals surface area contributed by atoms with Gasteiger partial charge in [0.1, 0.15) is 0 Å². The fraction of sp³-hybridized carbons (Fsp3) is 1.00. The zero-order chi connectivity index (χ0) is 12.6. The molecule has 1 fully saturated rings. The first-order chi connectivity index (χ1) is 8.18. The molecule has 0 aromatic heterocycles. The van der Waals surface area contributed by atoms with Gasteiger partial charge in [0.2, 0.25) is 0 Å². The standard InChI is InChI=1S/C15H31NO/c1-14(2)7-11-17-12-10-15(13-16-3)8-5-4-6-9-15/h14,16H,4-13H2,1-3H3. The third-order valence-corrected chi connectivity index (χ3v) is 4.08. The van der Waals surface area contributed by atoms with E-state index in [1.165, 1.54) is 51.5 Å². The Morgan fingerprint density at radius 3 is 2.41 bits per heavy atom. The molecule has 2 nitrogen and oxygen atoms in total. The van der Waals surface area contributed by atoms with Crippen LogP contribution in [-0.2, 0) is 4.74 Å². The summed E-state index contributed by atoms with van der Waals surface area (Å²) in [6, 6.07) is 0. The topological polar surface area (TPSA) is 21.3 Å². The molecule has 1 aliphatic rings. The predicted octanol–water partition coefficient (Wildman–Crippen LogP) is 3.61. The zero-order valence-corrected chi connectivity index (χ0v) is 12.1. The van der Waals surface area contributed by atoms with Crippen LogP contribution in [0, 0.1) is 11.3 Å². The summed E-state index contributed by atoms with van der Waals surface area (Å²) >= 11 is 0. The molecule has 0 amide bonds. The van der Waals surface area contributed by atoms with Gasteiger partial charge in [-0.3, -0.25) is 0 Å². The minimum Gasteiger partial charge on any atom is -0.381 e. The van der Waals surface area contributed by atoms with Gasteiger partial charge in [-0.1, -0.05) is 33.1 Å². The molecule has 0 bridgehead atoms. The average molecular weight is 241 g/mol. The summed E-state index contributed by atoms with van der Waals surface area (Å²) in [5.41, 5.74) is 0.533. The first kappa shape index (κ1) is 15.0. The summed E-state index contributed by atoms with van der Waals surface area (Å²) < 4.78 is 5.79. The van der Waals surface area contributed by atoms with E-state index in [2.05, 4.69) is 26.2 Å². The Balaban J connectivity index is 2.20. The van der Waals surface area contributed by atoms with Crippen LogP contribution in [-0.4, -0.2) is 26.8 Å². The second kappa shape index (κ2) is 8.10. The van der Waals surface area contributed by atoms with Crippen molar-refractivity contribution in [1.82, 2.24) is 5.32 Å². The first-order valence-electron chi connectivity index (χ1n) is 7.41. The normalized spacial score (nSPS) is 19.8. The summed E-state index contributed by atoms with van der Waals surface area (Å²) in [5, 5.41) is 3.38. The van der Waals surface area contributed by atoms with Gasteiger partial charge in [-0.2, -0.15) is 0 Å². The van der Waals surface area contributed by atoms with Gasteiger partial charge in [-0.25, -0.2) is 0 Å². The van der Waals surface area contributed by atoms with Crippen molar-refractivity contribution in [3.8, 4) is 0 Å². The lowest BCUT2D eigenvalue weighted by Gasteiger charge is -2.37. The van der Waals surface area contributed by atoms with Crippen molar-refractivity contribution in [1.29, 1.82) is 0 Å². The first-order valence-corrected chi connectivity index (χ1v) is 7.41. The minimum absolute atomic E-state index is 0.533. The maximum atomic E-state index is 5.79. The van der Waals surface area contributed by atoms with Gasteiger partial charge in [-0.05, 0) is 44.1 Å². The van der Waals surface area contributed by atoms with Gasteiger partial charge in [0.15, 0.2) is 0 Å². The van der Waals surface area contributed by atoms with Crippen molar-refractivity contribution in [2.75, 3.05) is 26.8 Å². The summed E-state index contributed by atoms with van der Waals surface area (Å²) in [7, 11) is 2.08. The van der Waals surface area contributed by atoms with Crippen LogP contribution in [0.1, 0.15) is 58.8 Å². The van der Waals surface area contributed by atoms with Crippen molar-refractivity contribution < 1.29 is 4.74 Å². The van der Waals surface area contributed by atoms with Gasteiger partial charge in [0.05, 0.1) is 0 Å². The van der Waals surface area contributed by atoms with E-state index in [0.29, 0.717) is 5.41 Å². The summed E-state index contributed by atoms with van der Waals surface area (Å²) in [6.45, 7) is 7.57. The quantitative estimate of drug-likeness (QED) is 0.656. The molecule has 0 aliphatic heterocycles. The van der Waals surface area contributed by atoms with E-state index in [0.717, 1.165) is 19.1 Å². The van der Waals surface area contributed by atoms with Gasteiger partial charge in [0.25, 0.3) is 0 Å². The molecule has 0 aromatic carbocycles. The summed E-state index contributed by atoms with van der Waals surface area (Å²) in [4.78, 5) is 0. The third kappa shape index (κ3) is 5.87. The van der Waals surface area contributed by atoms with Gasteiger partial charge >= 0.3 is 0 Å². The van der Waals surface area contributed by atoms with Crippen molar-refractivity contribution in [2.45, 2.75) is 58.8 Å². The molecule has 0 heterocycles. The molecule has 0 spiro atoms. The Kier molecular flexibility index (Phi) is 7.14. The van der Waals surface area contributed by atoms with Crippen LogP contribution in [0.25, 0.3) is 0 Å². The van der Waals surface area contributed by atoms with Gasteiger partial charge in [-0.15, -0.1) is 0 Å². The monoisotopic (exact) mass is 241 g/mol. The highest BCUT2D eigenvalue weighted by Crippen LogP contribution is 2.38. The second-order valence-corrected chi connectivity index (χ2v) is 6.14. The molecule has 0 unspecified atom stereocenters. The van der Waals surface area contributed by atoms with Crippen LogP contribution in [0.5, 0.6) is 0 Å². The molecule has 102 valence electrons. The molecule has 0 saturated heterocycles. The fourth-order valence-corrected chi connectivity index (χ4v) is 2.90. The molecule has 1 N–H and O–H groups in total. The highest BCUT2D eigenvalue weighted by atomic mass is 16.5. The maximum Gasteiger partial charge on any atom is 0.0471 e. The predicted molar refractivity (Wildman–Crippen MR) is 74.3 cm³/mol. The number of nitrogens with one attached hydrogen (secondary N) is 1. The molecule has 1 rings (SSSR count). The van der Waals surface area contributed by atoms with E-state index in [1.54, 1.807) is 0 Å². The van der Waals surface area contributed by atoms with Crippen LogP contribution < -0.4 is 5.32 Å². The Labute approximate surface area is 108 Å². The molecule has 2 heteroatoms. The number of hydrogen-bond donors (Lipinski definition) is 1. The van der Waals surface area contributed by atoms with E-state index in [1.807, 2.05) is 0 Å². The van der Waals surface area contributed by atoms with E-state index < -0.39 is 0 Å².